The van der Waals surface area contributed by atoms with Crippen LogP contribution in [0.3, 0.4) is 0 Å². The Morgan fingerprint density at radius 2 is 2.09 bits per heavy atom. The number of carbonyl (C=O) groups excluding carboxylic acids is 1. The van der Waals surface area contributed by atoms with Gasteiger partial charge in [-0.15, -0.1) is 10.2 Å². The first-order chi connectivity index (χ1) is 10.6. The lowest BCUT2D eigenvalue weighted by Gasteiger charge is -2.19. The van der Waals surface area contributed by atoms with Crippen LogP contribution >= 0.6 is 23.1 Å². The number of nitrogens with zero attached hydrogens (tertiary/aromatic N) is 2. The molecule has 1 aromatic heterocycles. The molecule has 0 aliphatic carbocycles. The van der Waals surface area contributed by atoms with Crippen molar-refractivity contribution in [3.05, 3.63) is 23.2 Å². The van der Waals surface area contributed by atoms with Crippen LogP contribution in [0.25, 0.3) is 0 Å². The van der Waals surface area contributed by atoms with Gasteiger partial charge in [-0.3, -0.25) is 4.79 Å². The number of hydrogen-bond acceptors (Lipinski definition) is 7. The van der Waals surface area contributed by atoms with E-state index in [0.29, 0.717) is 30.4 Å². The Labute approximate surface area is 136 Å². The van der Waals surface area contributed by atoms with Gasteiger partial charge < -0.3 is 14.8 Å². The lowest BCUT2D eigenvalue weighted by atomic mass is 10.2. The highest BCUT2D eigenvalue weighted by atomic mass is 32.2. The summed E-state index contributed by atoms with van der Waals surface area (Å²) in [6.07, 6.45) is 0. The van der Waals surface area contributed by atoms with Gasteiger partial charge in [0, 0.05) is 11.8 Å². The minimum atomic E-state index is -0.263. The van der Waals surface area contributed by atoms with Gasteiger partial charge in [-0.05, 0) is 26.0 Å². The van der Waals surface area contributed by atoms with Gasteiger partial charge in [0.1, 0.15) is 18.2 Å². The third-order valence-electron chi connectivity index (χ3n) is 2.96. The molecule has 1 N–H and O–H groups in total. The van der Waals surface area contributed by atoms with E-state index in [0.717, 1.165) is 9.35 Å². The number of carbonyl (C=O) groups is 1. The molecule has 2 heterocycles. The quantitative estimate of drug-likeness (QED) is 0.865. The third-order valence-corrected chi connectivity index (χ3v) is 4.99. The number of benzene rings is 1. The zero-order chi connectivity index (χ0) is 15.5. The van der Waals surface area contributed by atoms with Crippen molar-refractivity contribution >= 4 is 34.7 Å². The molecule has 0 saturated carbocycles. The molecule has 1 aliphatic heterocycles. The van der Waals surface area contributed by atoms with Crippen LogP contribution in [-0.4, -0.2) is 34.6 Å². The fourth-order valence-electron chi connectivity index (χ4n) is 1.90. The molecule has 0 radical (unpaired) electrons. The number of aromatic nitrogens is 2. The average molecular weight is 337 g/mol. The minimum absolute atomic E-state index is 0.0884. The predicted molar refractivity (Wildman–Crippen MR) is 86.0 cm³/mol. The van der Waals surface area contributed by atoms with Gasteiger partial charge in [-0.25, -0.2) is 0 Å². The monoisotopic (exact) mass is 337 g/mol. The zero-order valence-corrected chi connectivity index (χ0v) is 13.8. The molecule has 1 atom stereocenters. The molecule has 6 nitrogen and oxygen atoms in total. The number of fused-ring (bicyclic) bond motifs is 1. The van der Waals surface area contributed by atoms with Gasteiger partial charge in [-0.2, -0.15) is 0 Å². The molecule has 0 spiro atoms. The van der Waals surface area contributed by atoms with Crippen LogP contribution in [0.1, 0.15) is 11.9 Å². The van der Waals surface area contributed by atoms with Crippen LogP contribution in [0.5, 0.6) is 11.5 Å². The van der Waals surface area contributed by atoms with Crippen molar-refractivity contribution in [2.24, 2.45) is 0 Å². The van der Waals surface area contributed by atoms with Crippen LogP contribution in [0.2, 0.25) is 0 Å². The molecule has 0 saturated heterocycles. The molecular formula is C14H15N3O3S2. The average Bonchev–Trinajstić information content (AvgIpc) is 2.92. The van der Waals surface area contributed by atoms with Crippen LogP contribution < -0.4 is 14.8 Å². The Morgan fingerprint density at radius 1 is 1.32 bits per heavy atom. The van der Waals surface area contributed by atoms with Gasteiger partial charge in [-0.1, -0.05) is 23.1 Å². The molecule has 0 bridgehead atoms. The Bertz CT molecular complexity index is 690. The van der Waals surface area contributed by atoms with E-state index >= 15 is 0 Å². The second kappa shape index (κ2) is 6.53. The Balaban J connectivity index is 1.63. The normalized spacial score (nSPS) is 14.5. The minimum Gasteiger partial charge on any atom is -0.486 e. The fraction of sp³-hybridized carbons (Fsp3) is 0.357. The predicted octanol–water partition coefficient (Wildman–Crippen LogP) is 2.74. The summed E-state index contributed by atoms with van der Waals surface area (Å²) < 4.78 is 11.8. The molecule has 0 fully saturated rings. The number of rotatable bonds is 4. The van der Waals surface area contributed by atoms with E-state index < -0.39 is 0 Å². The summed E-state index contributed by atoms with van der Waals surface area (Å²) in [7, 11) is 0. The van der Waals surface area contributed by atoms with E-state index in [1.807, 2.05) is 13.8 Å². The van der Waals surface area contributed by atoms with E-state index in [1.54, 1.807) is 18.2 Å². The lowest BCUT2D eigenvalue weighted by molar-refractivity contribution is -0.115. The molecule has 116 valence electrons. The number of thioether (sulfide) groups is 1. The van der Waals surface area contributed by atoms with Crippen LogP contribution in [0, 0.1) is 6.92 Å². The second-order valence-corrected chi connectivity index (χ2v) is 7.46. The highest BCUT2D eigenvalue weighted by molar-refractivity contribution is 8.02. The zero-order valence-electron chi connectivity index (χ0n) is 12.2. The van der Waals surface area contributed by atoms with E-state index in [1.165, 1.54) is 23.1 Å². The molecular weight excluding hydrogens is 322 g/mol. The maximum absolute atomic E-state index is 12.2. The first kappa shape index (κ1) is 15.1. The van der Waals surface area contributed by atoms with Gasteiger partial charge in [0.15, 0.2) is 15.8 Å². The number of anilines is 1. The molecule has 1 aliphatic rings. The van der Waals surface area contributed by atoms with Crippen molar-refractivity contribution in [3.63, 3.8) is 0 Å². The first-order valence-corrected chi connectivity index (χ1v) is 8.49. The van der Waals surface area contributed by atoms with E-state index in [4.69, 9.17) is 9.47 Å². The summed E-state index contributed by atoms with van der Waals surface area (Å²) in [4.78, 5) is 12.2. The Hall–Kier alpha value is -1.80. The van der Waals surface area contributed by atoms with Crippen LogP contribution in [0.15, 0.2) is 22.5 Å². The largest absolute Gasteiger partial charge is 0.486 e. The van der Waals surface area contributed by atoms with Crippen LogP contribution in [0.4, 0.5) is 5.69 Å². The van der Waals surface area contributed by atoms with Crippen molar-refractivity contribution in [2.75, 3.05) is 18.5 Å². The van der Waals surface area contributed by atoms with Crippen LogP contribution in [-0.2, 0) is 4.79 Å². The third kappa shape index (κ3) is 3.50. The maximum Gasteiger partial charge on any atom is 0.237 e. The van der Waals surface area contributed by atoms with Gasteiger partial charge in [0.25, 0.3) is 0 Å². The second-order valence-electron chi connectivity index (χ2n) is 4.69. The standard InChI is InChI=1S/C14H15N3O3S2/c1-8(21-14-17-16-9(2)22-14)13(18)15-10-3-4-11-12(7-10)20-6-5-19-11/h3-4,7-8H,5-6H2,1-2H3,(H,15,18)/t8-/m0/s1. The summed E-state index contributed by atoms with van der Waals surface area (Å²) in [5.41, 5.74) is 0.690. The van der Waals surface area contributed by atoms with Gasteiger partial charge in [0.2, 0.25) is 5.91 Å². The lowest BCUT2D eigenvalue weighted by Crippen LogP contribution is -2.22. The van der Waals surface area contributed by atoms with Gasteiger partial charge >= 0.3 is 0 Å². The van der Waals surface area contributed by atoms with E-state index in [-0.39, 0.29) is 11.2 Å². The van der Waals surface area contributed by atoms with Crippen molar-refractivity contribution in [1.29, 1.82) is 0 Å². The summed E-state index contributed by atoms with van der Waals surface area (Å²) in [5.74, 6) is 1.27. The Kier molecular flexibility index (Phi) is 4.49. The number of amides is 1. The maximum atomic E-state index is 12.2. The SMILES string of the molecule is Cc1nnc(S[C@@H](C)C(=O)Nc2ccc3c(c2)OCCO3)s1. The molecule has 8 heteroatoms. The molecule has 2 aromatic rings. The number of aryl methyl sites for hydroxylation is 1. The van der Waals surface area contributed by atoms with Crippen molar-refractivity contribution < 1.29 is 14.3 Å². The van der Waals surface area contributed by atoms with Crippen molar-refractivity contribution in [2.45, 2.75) is 23.4 Å². The molecule has 1 aromatic carbocycles. The molecule has 0 unspecified atom stereocenters. The summed E-state index contributed by atoms with van der Waals surface area (Å²) in [6, 6.07) is 5.38. The van der Waals surface area contributed by atoms with E-state index in [2.05, 4.69) is 15.5 Å². The number of hydrogen-bond donors (Lipinski definition) is 1. The number of ether oxygens (including phenoxy) is 2. The van der Waals surface area contributed by atoms with Crippen molar-refractivity contribution in [3.8, 4) is 11.5 Å². The smallest absolute Gasteiger partial charge is 0.237 e. The topological polar surface area (TPSA) is 73.3 Å². The first-order valence-electron chi connectivity index (χ1n) is 6.79. The summed E-state index contributed by atoms with van der Waals surface area (Å²) in [6.45, 7) is 4.80. The molecule has 1 amide bonds. The highest BCUT2D eigenvalue weighted by Crippen LogP contribution is 2.33. The molecule has 22 heavy (non-hydrogen) atoms. The molecule has 3 rings (SSSR count). The fourth-order valence-corrected chi connectivity index (χ4v) is 3.86. The van der Waals surface area contributed by atoms with Gasteiger partial charge in [0.05, 0.1) is 5.25 Å². The highest BCUT2D eigenvalue weighted by Gasteiger charge is 2.18. The van der Waals surface area contributed by atoms with Crippen molar-refractivity contribution in [1.82, 2.24) is 10.2 Å². The van der Waals surface area contributed by atoms with E-state index in [9.17, 15) is 4.79 Å². The summed E-state index contributed by atoms with van der Waals surface area (Å²) in [5, 5.41) is 11.5. The summed E-state index contributed by atoms with van der Waals surface area (Å²) >= 11 is 2.88. The number of nitrogens with one attached hydrogen (secondary N) is 1. The Morgan fingerprint density at radius 3 is 2.82 bits per heavy atom.